The molecule has 7 heteroatoms. The van der Waals surface area contributed by atoms with E-state index in [0.717, 1.165) is 28.3 Å². The highest BCUT2D eigenvalue weighted by molar-refractivity contribution is 5.90. The Balaban J connectivity index is 1.62. The molecule has 2 aromatic rings. The van der Waals surface area contributed by atoms with Crippen molar-refractivity contribution in [1.82, 2.24) is 9.88 Å². The lowest BCUT2D eigenvalue weighted by atomic mass is 10.1. The van der Waals surface area contributed by atoms with Gasteiger partial charge in [-0.15, -0.1) is 0 Å². The average Bonchev–Trinajstić information content (AvgIpc) is 2.69. The standard InChI is InChI=1S/C20H25N3O4/c1-14-12-16(26-3)5-6-17(14)22-20(24)23-9-8-18-15(13-23)4-7-19(21-18)27-11-10-25-2/h4-7,12H,8-11,13H2,1-3H3,(H,22,24). The molecule has 0 unspecified atom stereocenters. The van der Waals surface area contributed by atoms with Crippen LogP contribution in [-0.4, -0.2) is 49.9 Å². The van der Waals surface area contributed by atoms with E-state index in [1.807, 2.05) is 37.3 Å². The maximum atomic E-state index is 12.6. The van der Waals surface area contributed by atoms with Crippen molar-refractivity contribution in [2.45, 2.75) is 19.9 Å². The number of rotatable bonds is 6. The molecule has 0 saturated carbocycles. The van der Waals surface area contributed by atoms with E-state index < -0.39 is 0 Å². The minimum absolute atomic E-state index is 0.116. The summed E-state index contributed by atoms with van der Waals surface area (Å²) in [6.45, 7) is 4.08. The SMILES string of the molecule is COCCOc1ccc2c(n1)CCN(C(=O)Nc1ccc(OC)cc1C)C2. The second-order valence-electron chi connectivity index (χ2n) is 6.38. The third kappa shape index (κ3) is 4.68. The summed E-state index contributed by atoms with van der Waals surface area (Å²) in [5.74, 6) is 1.37. The van der Waals surface area contributed by atoms with Gasteiger partial charge in [-0.1, -0.05) is 6.07 Å². The molecule has 3 rings (SSSR count). The predicted molar refractivity (Wildman–Crippen MR) is 102 cm³/mol. The zero-order chi connectivity index (χ0) is 19.2. The highest BCUT2D eigenvalue weighted by atomic mass is 16.5. The van der Waals surface area contributed by atoms with E-state index in [1.165, 1.54) is 0 Å². The highest BCUT2D eigenvalue weighted by Crippen LogP contribution is 2.24. The molecule has 0 spiro atoms. The number of carbonyl (C=O) groups is 1. The van der Waals surface area contributed by atoms with Gasteiger partial charge < -0.3 is 24.4 Å². The summed E-state index contributed by atoms with van der Waals surface area (Å²) in [6.07, 6.45) is 0.700. The molecule has 2 amide bonds. The smallest absolute Gasteiger partial charge is 0.322 e. The van der Waals surface area contributed by atoms with Crippen LogP contribution in [0, 0.1) is 6.92 Å². The van der Waals surface area contributed by atoms with E-state index in [2.05, 4.69) is 10.3 Å². The van der Waals surface area contributed by atoms with Gasteiger partial charge in [0, 0.05) is 38.4 Å². The number of pyridine rings is 1. The quantitative estimate of drug-likeness (QED) is 0.790. The number of methoxy groups -OCH3 is 2. The first-order valence-corrected chi connectivity index (χ1v) is 8.92. The van der Waals surface area contributed by atoms with E-state index in [-0.39, 0.29) is 6.03 Å². The molecule has 1 aliphatic rings. The number of anilines is 1. The summed E-state index contributed by atoms with van der Waals surface area (Å²) in [5.41, 5.74) is 3.77. The Morgan fingerprint density at radius 1 is 1.22 bits per heavy atom. The molecule has 0 radical (unpaired) electrons. The first-order chi connectivity index (χ1) is 13.1. The molecule has 27 heavy (non-hydrogen) atoms. The van der Waals surface area contributed by atoms with E-state index in [9.17, 15) is 4.79 Å². The topological polar surface area (TPSA) is 72.9 Å². The molecule has 7 nitrogen and oxygen atoms in total. The molecule has 2 heterocycles. The maximum Gasteiger partial charge on any atom is 0.322 e. The summed E-state index contributed by atoms with van der Waals surface area (Å²) < 4.78 is 15.7. The number of carbonyl (C=O) groups excluding carboxylic acids is 1. The highest BCUT2D eigenvalue weighted by Gasteiger charge is 2.22. The van der Waals surface area contributed by atoms with Crippen LogP contribution >= 0.6 is 0 Å². The first-order valence-electron chi connectivity index (χ1n) is 8.92. The minimum atomic E-state index is -0.116. The molecule has 0 saturated heterocycles. The van der Waals surface area contributed by atoms with Gasteiger partial charge in [0.2, 0.25) is 5.88 Å². The van der Waals surface area contributed by atoms with Crippen molar-refractivity contribution in [3.63, 3.8) is 0 Å². The van der Waals surface area contributed by atoms with Crippen molar-refractivity contribution >= 4 is 11.7 Å². The van der Waals surface area contributed by atoms with Gasteiger partial charge >= 0.3 is 6.03 Å². The normalized spacial score (nSPS) is 13.1. The molecule has 144 valence electrons. The van der Waals surface area contributed by atoms with E-state index in [0.29, 0.717) is 38.6 Å². The van der Waals surface area contributed by atoms with Crippen LogP contribution in [0.4, 0.5) is 10.5 Å². The maximum absolute atomic E-state index is 12.6. The molecule has 0 atom stereocenters. The number of amides is 2. The molecule has 0 aliphatic carbocycles. The van der Waals surface area contributed by atoms with Crippen molar-refractivity contribution in [3.05, 3.63) is 47.2 Å². The Morgan fingerprint density at radius 3 is 2.81 bits per heavy atom. The van der Waals surface area contributed by atoms with Crippen LogP contribution in [0.3, 0.4) is 0 Å². The second kappa shape index (κ2) is 8.73. The molecule has 1 aliphatic heterocycles. The van der Waals surface area contributed by atoms with Crippen LogP contribution < -0.4 is 14.8 Å². The number of urea groups is 1. The van der Waals surface area contributed by atoms with Crippen LogP contribution in [0.1, 0.15) is 16.8 Å². The van der Waals surface area contributed by atoms with Gasteiger partial charge in [0.15, 0.2) is 0 Å². The van der Waals surface area contributed by atoms with Gasteiger partial charge in [0.1, 0.15) is 12.4 Å². The number of aryl methyl sites for hydroxylation is 1. The number of ether oxygens (including phenoxy) is 3. The molecular weight excluding hydrogens is 346 g/mol. The van der Waals surface area contributed by atoms with Gasteiger partial charge in [-0.25, -0.2) is 9.78 Å². The molecule has 0 fully saturated rings. The lowest BCUT2D eigenvalue weighted by Crippen LogP contribution is -2.39. The molecule has 1 N–H and O–H groups in total. The first kappa shape index (κ1) is 19.0. The van der Waals surface area contributed by atoms with Crippen molar-refractivity contribution in [1.29, 1.82) is 0 Å². The second-order valence-corrected chi connectivity index (χ2v) is 6.38. The monoisotopic (exact) mass is 371 g/mol. The predicted octanol–water partition coefficient (Wildman–Crippen LogP) is 3.01. The lowest BCUT2D eigenvalue weighted by molar-refractivity contribution is 0.143. The molecule has 1 aromatic carbocycles. The number of nitrogens with one attached hydrogen (secondary N) is 1. The number of benzene rings is 1. The lowest BCUT2D eigenvalue weighted by Gasteiger charge is -2.28. The zero-order valence-corrected chi connectivity index (χ0v) is 15.9. The Labute approximate surface area is 159 Å². The third-order valence-electron chi connectivity index (χ3n) is 4.52. The van der Waals surface area contributed by atoms with Gasteiger partial charge in [-0.2, -0.15) is 0 Å². The summed E-state index contributed by atoms with van der Waals surface area (Å²) in [7, 11) is 3.26. The fourth-order valence-electron chi connectivity index (χ4n) is 2.98. The van der Waals surface area contributed by atoms with Crippen molar-refractivity contribution in [2.75, 3.05) is 39.3 Å². The number of fused-ring (bicyclic) bond motifs is 1. The van der Waals surface area contributed by atoms with Crippen molar-refractivity contribution < 1.29 is 19.0 Å². The average molecular weight is 371 g/mol. The number of nitrogens with zero attached hydrogens (tertiary/aromatic N) is 2. The summed E-state index contributed by atoms with van der Waals surface area (Å²) in [5, 5.41) is 2.98. The number of hydrogen-bond acceptors (Lipinski definition) is 5. The van der Waals surface area contributed by atoms with Crippen LogP contribution in [0.5, 0.6) is 11.6 Å². The molecule has 0 bridgehead atoms. The van der Waals surface area contributed by atoms with Crippen molar-refractivity contribution in [2.24, 2.45) is 0 Å². The summed E-state index contributed by atoms with van der Waals surface area (Å²) >= 11 is 0. The van der Waals surface area contributed by atoms with Crippen LogP contribution in [0.15, 0.2) is 30.3 Å². The largest absolute Gasteiger partial charge is 0.497 e. The third-order valence-corrected chi connectivity index (χ3v) is 4.52. The minimum Gasteiger partial charge on any atom is -0.497 e. The van der Waals surface area contributed by atoms with Crippen LogP contribution in [-0.2, 0) is 17.7 Å². The van der Waals surface area contributed by atoms with Crippen LogP contribution in [0.25, 0.3) is 0 Å². The fourth-order valence-corrected chi connectivity index (χ4v) is 2.98. The number of aromatic nitrogens is 1. The zero-order valence-electron chi connectivity index (χ0n) is 15.9. The van der Waals surface area contributed by atoms with Crippen LogP contribution in [0.2, 0.25) is 0 Å². The van der Waals surface area contributed by atoms with E-state index >= 15 is 0 Å². The molecular formula is C20H25N3O4. The van der Waals surface area contributed by atoms with Crippen molar-refractivity contribution in [3.8, 4) is 11.6 Å². The van der Waals surface area contributed by atoms with Gasteiger partial charge in [0.05, 0.1) is 19.4 Å². The number of hydrogen-bond donors (Lipinski definition) is 1. The Hall–Kier alpha value is -2.80. The summed E-state index contributed by atoms with van der Waals surface area (Å²) in [6, 6.07) is 9.29. The molecule has 1 aromatic heterocycles. The Bertz CT molecular complexity index is 810. The van der Waals surface area contributed by atoms with Gasteiger partial charge in [0.25, 0.3) is 0 Å². The van der Waals surface area contributed by atoms with E-state index in [1.54, 1.807) is 19.1 Å². The van der Waals surface area contributed by atoms with Gasteiger partial charge in [-0.3, -0.25) is 0 Å². The fraction of sp³-hybridized carbons (Fsp3) is 0.400. The summed E-state index contributed by atoms with van der Waals surface area (Å²) in [4.78, 5) is 19.0. The Kier molecular flexibility index (Phi) is 6.13. The van der Waals surface area contributed by atoms with E-state index in [4.69, 9.17) is 14.2 Å². The van der Waals surface area contributed by atoms with Gasteiger partial charge in [-0.05, 0) is 36.2 Å². The Morgan fingerprint density at radius 2 is 2.07 bits per heavy atom.